The van der Waals surface area contributed by atoms with Gasteiger partial charge in [-0.2, -0.15) is 18.2 Å². The fourth-order valence-electron chi connectivity index (χ4n) is 10.2. The maximum atomic E-state index is 12.9. The molecule has 4 aliphatic rings. The quantitative estimate of drug-likeness (QED) is 0.0175. The molecule has 83 heavy (non-hydrogen) atoms. The van der Waals surface area contributed by atoms with Crippen LogP contribution in [0.3, 0.4) is 0 Å². The third-order valence-electron chi connectivity index (χ3n) is 15.2. The van der Waals surface area contributed by atoms with Crippen molar-refractivity contribution in [1.29, 1.82) is 0 Å². The number of carbonyl (C=O) groups is 8. The number of aliphatic hydroxyl groups excluding tert-OH is 1. The molecule has 2 aromatic rings. The number of nitrogens with one attached hydrogen (secondary N) is 4. The summed E-state index contributed by atoms with van der Waals surface area (Å²) in [4.78, 5) is 112. The summed E-state index contributed by atoms with van der Waals surface area (Å²) in [5.41, 5.74) is -0.505. The molecule has 21 nitrogen and oxygen atoms in total. The molecule has 0 saturated carbocycles. The fraction of sp³-hybridized carbons (Fsp3) is 0.600. The predicted molar refractivity (Wildman–Crippen MR) is 371 cm³/mol. The van der Waals surface area contributed by atoms with Crippen molar-refractivity contribution in [3.8, 4) is 11.5 Å². The van der Waals surface area contributed by atoms with Crippen LogP contribution in [0.5, 0.6) is 11.5 Å². The molecule has 0 aromatic heterocycles. The highest BCUT2D eigenvalue weighted by Gasteiger charge is 2.44. The molecule has 0 bridgehead atoms. The van der Waals surface area contributed by atoms with Crippen LogP contribution >= 0.6 is 118 Å². The number of likely N-dealkylation sites (tertiary alicyclic amines) is 4. The molecule has 8 unspecified atom stereocenters. The van der Waals surface area contributed by atoms with E-state index in [9.17, 15) is 48.6 Å². The van der Waals surface area contributed by atoms with Crippen molar-refractivity contribution in [2.45, 2.75) is 81.0 Å². The van der Waals surface area contributed by atoms with Gasteiger partial charge in [0.05, 0.1) is 11.3 Å². The molecule has 2 aromatic carbocycles. The van der Waals surface area contributed by atoms with Gasteiger partial charge in [0.2, 0.25) is 47.3 Å². The molecule has 6 rings (SSSR count). The molecular weight excluding hydrogens is 1590 g/mol. The molecule has 0 spiro atoms. The van der Waals surface area contributed by atoms with Crippen LogP contribution in [0.25, 0.3) is 0 Å². The van der Waals surface area contributed by atoms with E-state index in [4.69, 9.17) is 20.2 Å². The van der Waals surface area contributed by atoms with Gasteiger partial charge in [0, 0.05) is 179 Å². The van der Waals surface area contributed by atoms with Crippen LogP contribution in [-0.2, 0) is 56.9 Å². The zero-order valence-electron chi connectivity index (χ0n) is 47.0. The molecule has 33 heteroatoms. The van der Waals surface area contributed by atoms with Gasteiger partial charge >= 0.3 is 0 Å². The SMILES string of the molecule is CO.[B]P(I)C1CC(=O)N(CCNCCN(CCNCCN2C(=O)CC(B(P)I)C2=O)Cc2cc(C(C)(C)c3ccc(O)c(CN(CCNCCN4C(=O)CC(B(P)I)C4=O)CCNCCN4C(=O)CC(P([B])I)C4=O)c3)ccc2O)C1=O. The van der Waals surface area contributed by atoms with Gasteiger partial charge in [0.25, 0.3) is 8.58 Å². The average Bonchev–Trinajstić information content (AvgIpc) is 3.93. The van der Waals surface area contributed by atoms with Crippen molar-refractivity contribution in [2.24, 2.45) is 0 Å². The monoisotopic (exact) mass is 1670 g/mol. The molecule has 8 atom stereocenters. The highest BCUT2D eigenvalue weighted by atomic mass is 127. The van der Waals surface area contributed by atoms with Crippen LogP contribution < -0.4 is 21.3 Å². The summed E-state index contributed by atoms with van der Waals surface area (Å²) in [6.45, 7) is 11.8. The summed E-state index contributed by atoms with van der Waals surface area (Å²) in [5, 5.41) is 43.3. The zero-order chi connectivity index (χ0) is 61.3. The Morgan fingerprint density at radius 3 is 1.10 bits per heavy atom. The number of rotatable bonds is 34. The second-order valence-electron chi connectivity index (χ2n) is 21.0. The van der Waals surface area contributed by atoms with Crippen LogP contribution in [-0.4, -0.2) is 239 Å². The van der Waals surface area contributed by atoms with Crippen molar-refractivity contribution in [2.75, 3.05) is 112 Å². The highest BCUT2D eigenvalue weighted by molar-refractivity contribution is 14.2. The van der Waals surface area contributed by atoms with Gasteiger partial charge in [0.1, 0.15) is 26.6 Å². The average molecular weight is 1670 g/mol. The minimum absolute atomic E-state index is 0.0337. The molecule has 4 saturated heterocycles. The Morgan fingerprint density at radius 2 is 0.831 bits per heavy atom. The Morgan fingerprint density at radius 1 is 0.542 bits per heavy atom. The Balaban J connectivity index is 0.00000624. The summed E-state index contributed by atoms with van der Waals surface area (Å²) in [6, 6.07) is 11.2. The number of nitrogens with zero attached hydrogens (tertiary/aromatic N) is 6. The summed E-state index contributed by atoms with van der Waals surface area (Å²) in [5.74, 6) is -1.98. The molecule has 450 valence electrons. The molecule has 8 amide bonds. The smallest absolute Gasteiger partial charge is 0.252 e. The molecule has 4 aliphatic heterocycles. The molecular formula is C50H74B4I4N10O11P4. The summed E-state index contributed by atoms with van der Waals surface area (Å²) in [6.07, 6.45) is 0.676. The molecule has 4 heterocycles. The van der Waals surface area contributed by atoms with Crippen LogP contribution in [0.15, 0.2) is 36.4 Å². The first-order chi connectivity index (χ1) is 39.4. The maximum absolute atomic E-state index is 12.9. The fourth-order valence-corrected chi connectivity index (χ4v) is 15.9. The van der Waals surface area contributed by atoms with E-state index in [0.29, 0.717) is 103 Å². The van der Waals surface area contributed by atoms with E-state index in [2.05, 4.69) is 108 Å². The minimum Gasteiger partial charge on any atom is -0.508 e. The van der Waals surface area contributed by atoms with Crippen molar-refractivity contribution < 1.29 is 53.7 Å². The van der Waals surface area contributed by atoms with Gasteiger partial charge in [0.15, 0.2) is 0 Å². The summed E-state index contributed by atoms with van der Waals surface area (Å²) in [7, 11) is 18.3. The van der Waals surface area contributed by atoms with Gasteiger partial charge in [-0.3, -0.25) is 67.8 Å². The zero-order valence-corrected chi connectivity index (χ0v) is 59.7. The first kappa shape index (κ1) is 73.0. The van der Waals surface area contributed by atoms with Crippen molar-refractivity contribution in [3.63, 3.8) is 0 Å². The lowest BCUT2D eigenvalue weighted by molar-refractivity contribution is -0.139. The molecule has 7 N–H and O–H groups in total. The third kappa shape index (κ3) is 20.6. The van der Waals surface area contributed by atoms with Crippen LogP contribution in [0.1, 0.15) is 61.8 Å². The molecule has 4 fully saturated rings. The lowest BCUT2D eigenvalue weighted by atomic mass is 9.77. The molecule has 4 radical (unpaired) electrons. The van der Waals surface area contributed by atoms with Gasteiger partial charge in [-0.05, 0) is 35.4 Å². The number of aromatic hydroxyl groups is 2. The Bertz CT molecular complexity index is 2340. The van der Waals surface area contributed by atoms with E-state index in [1.807, 2.05) is 68.3 Å². The number of halogens is 4. The van der Waals surface area contributed by atoms with Crippen LogP contribution in [0.4, 0.5) is 0 Å². The second kappa shape index (κ2) is 35.6. The number of carbonyl (C=O) groups excluding carboxylic acids is 8. The lowest BCUT2D eigenvalue weighted by Gasteiger charge is -2.30. The van der Waals surface area contributed by atoms with Crippen molar-refractivity contribution in [1.82, 2.24) is 50.7 Å². The van der Waals surface area contributed by atoms with Crippen molar-refractivity contribution >= 4 is 189 Å². The van der Waals surface area contributed by atoms with E-state index in [1.54, 1.807) is 12.1 Å². The Labute approximate surface area is 550 Å². The third-order valence-corrected chi connectivity index (χ3v) is 23.9. The van der Waals surface area contributed by atoms with Gasteiger partial charge < -0.3 is 36.6 Å². The van der Waals surface area contributed by atoms with Crippen LogP contribution in [0, 0.1) is 0 Å². The van der Waals surface area contributed by atoms with Gasteiger partial charge in [-0.25, -0.2) is 0 Å². The maximum Gasteiger partial charge on any atom is 0.252 e. The largest absolute Gasteiger partial charge is 0.508 e. The van der Waals surface area contributed by atoms with E-state index < -0.39 is 27.6 Å². The topological polar surface area (TPSA) is 265 Å². The standard InChI is InChI=1S/C49H70B4I4N10O10P4.CH4O/c1-49(2,33-3-5-37(68)31(23-33)29-62(15-7-58-11-19-64-41(70)25-35(45(64)74)52(54)78)17-9-60-13-21-66-43(72)27-39(47(66)76)80(50)56)34-4-6-38(69)32(24-34)30-63(16-8-59-12-20-65-42(71)26-36(46(65)75)53(55)79)18-10-61-14-22-67-44(73)28-40(48(67)77)81(51)57;1-2/h3-6,23-24,35-36,39-40,58-61,68-69H,7-22,25-30,78-79H2,1-2H3;2H,1H3. The van der Waals surface area contributed by atoms with Gasteiger partial charge in [-0.1, -0.05) is 80.9 Å². The molecule has 0 aliphatic carbocycles. The number of aliphatic hydroxyl groups is 1. The lowest BCUT2D eigenvalue weighted by Crippen LogP contribution is -2.41. The Kier molecular flexibility index (Phi) is 31.3. The van der Waals surface area contributed by atoms with E-state index in [1.165, 1.54) is 19.6 Å². The number of amides is 8. The first-order valence-corrected chi connectivity index (χ1v) is 39.7. The highest BCUT2D eigenvalue weighted by Crippen LogP contribution is 2.50. The van der Waals surface area contributed by atoms with Gasteiger partial charge in [-0.15, -0.1) is 44.7 Å². The Hall–Kier alpha value is -0.780. The second-order valence-corrected chi connectivity index (χ2v) is 37.4. The minimum atomic E-state index is -1.10. The van der Waals surface area contributed by atoms with Crippen LogP contribution in [0.2, 0.25) is 11.6 Å². The normalized spacial score (nSPS) is 20.2. The summed E-state index contributed by atoms with van der Waals surface area (Å²) >= 11 is 8.39. The number of hydrogen-bond acceptors (Lipinski definition) is 17. The number of phenolic OH excluding ortho intramolecular Hbond substituents is 2. The predicted octanol–water partition coefficient (Wildman–Crippen LogP) is 2.94. The number of imide groups is 4. The summed E-state index contributed by atoms with van der Waals surface area (Å²) < 4.78 is -0.0673. The first-order valence-electron chi connectivity index (χ1n) is 27.3. The van der Waals surface area contributed by atoms with E-state index in [0.717, 1.165) is 18.2 Å². The van der Waals surface area contributed by atoms with Crippen molar-refractivity contribution in [3.05, 3.63) is 58.7 Å². The number of phenols is 2. The van der Waals surface area contributed by atoms with E-state index >= 15 is 0 Å². The number of benzene rings is 2. The van der Waals surface area contributed by atoms with E-state index in [-0.39, 0.29) is 131 Å². The number of hydrogen-bond donors (Lipinski definition) is 7.